The standard InChI is InChI=1S/C19H19Cl2N5OS/c1-24-11-13(10-22-24)12-25-4-6-26(7-5-25)19-23-18(27)17(28-19)8-14-2-3-15(20)9-16(14)21/h2-3,8-11H,4-7,12H2,1H3/b17-8-. The number of amidine groups is 1. The van der Waals surface area contributed by atoms with Gasteiger partial charge in [-0.2, -0.15) is 10.1 Å². The summed E-state index contributed by atoms with van der Waals surface area (Å²) >= 11 is 13.6. The first-order chi connectivity index (χ1) is 13.5. The zero-order valence-electron chi connectivity index (χ0n) is 15.3. The van der Waals surface area contributed by atoms with Crippen LogP contribution in [0.3, 0.4) is 0 Å². The maximum atomic E-state index is 12.3. The van der Waals surface area contributed by atoms with Crippen LogP contribution in [0.25, 0.3) is 6.08 Å². The summed E-state index contributed by atoms with van der Waals surface area (Å²) in [4.78, 5) is 21.7. The minimum absolute atomic E-state index is 0.219. The van der Waals surface area contributed by atoms with E-state index in [1.807, 2.05) is 24.1 Å². The number of carbonyl (C=O) groups excluding carboxylic acids is 1. The summed E-state index contributed by atoms with van der Waals surface area (Å²) < 4.78 is 1.82. The van der Waals surface area contributed by atoms with Crippen LogP contribution in [-0.4, -0.2) is 56.8 Å². The van der Waals surface area contributed by atoms with Gasteiger partial charge in [0, 0.05) is 61.6 Å². The summed E-state index contributed by atoms with van der Waals surface area (Å²) in [5, 5.41) is 6.07. The summed E-state index contributed by atoms with van der Waals surface area (Å²) in [6, 6.07) is 5.23. The fourth-order valence-electron chi connectivity index (χ4n) is 3.20. The smallest absolute Gasteiger partial charge is 0.286 e. The van der Waals surface area contributed by atoms with Crippen LogP contribution in [0.2, 0.25) is 10.0 Å². The van der Waals surface area contributed by atoms with Gasteiger partial charge in [0.05, 0.1) is 11.1 Å². The van der Waals surface area contributed by atoms with E-state index >= 15 is 0 Å². The van der Waals surface area contributed by atoms with Crippen molar-refractivity contribution in [2.24, 2.45) is 12.0 Å². The molecule has 0 saturated carbocycles. The summed E-state index contributed by atoms with van der Waals surface area (Å²) in [6.45, 7) is 4.42. The molecule has 1 amide bonds. The molecule has 146 valence electrons. The van der Waals surface area contributed by atoms with Crippen LogP contribution in [0.4, 0.5) is 0 Å². The van der Waals surface area contributed by atoms with Crippen LogP contribution >= 0.6 is 35.0 Å². The Kier molecular flexibility index (Phi) is 5.78. The van der Waals surface area contributed by atoms with Gasteiger partial charge in [0.1, 0.15) is 0 Å². The molecule has 2 aliphatic rings. The van der Waals surface area contributed by atoms with Gasteiger partial charge in [-0.25, -0.2) is 0 Å². The van der Waals surface area contributed by atoms with Crippen LogP contribution in [0.5, 0.6) is 0 Å². The lowest BCUT2D eigenvalue weighted by atomic mass is 10.2. The lowest BCUT2D eigenvalue weighted by Gasteiger charge is -2.35. The van der Waals surface area contributed by atoms with Gasteiger partial charge in [-0.15, -0.1) is 0 Å². The number of aryl methyl sites for hydroxylation is 1. The van der Waals surface area contributed by atoms with Crippen molar-refractivity contribution < 1.29 is 4.79 Å². The Labute approximate surface area is 177 Å². The number of aliphatic imine (C=N–C) groups is 1. The molecular weight excluding hydrogens is 417 g/mol. The molecule has 2 aromatic rings. The largest absolute Gasteiger partial charge is 0.348 e. The van der Waals surface area contributed by atoms with Crippen molar-refractivity contribution in [2.75, 3.05) is 26.2 Å². The van der Waals surface area contributed by atoms with Gasteiger partial charge in [-0.05, 0) is 35.5 Å². The number of amides is 1. The Morgan fingerprint density at radius 1 is 1.21 bits per heavy atom. The first kappa shape index (κ1) is 19.5. The van der Waals surface area contributed by atoms with Gasteiger partial charge in [-0.1, -0.05) is 29.3 Å². The second-order valence-electron chi connectivity index (χ2n) is 6.76. The average molecular weight is 436 g/mol. The Bertz CT molecular complexity index is 963. The lowest BCUT2D eigenvalue weighted by molar-refractivity contribution is -0.113. The number of hydrogen-bond acceptors (Lipinski definition) is 5. The molecule has 0 atom stereocenters. The van der Waals surface area contributed by atoms with Crippen molar-refractivity contribution >= 4 is 52.1 Å². The summed E-state index contributed by atoms with van der Waals surface area (Å²) in [7, 11) is 1.93. The van der Waals surface area contributed by atoms with Crippen LogP contribution < -0.4 is 0 Å². The van der Waals surface area contributed by atoms with E-state index in [1.165, 1.54) is 17.3 Å². The third-order valence-corrected chi connectivity index (χ3v) is 6.27. The molecule has 4 rings (SSSR count). The van der Waals surface area contributed by atoms with Crippen molar-refractivity contribution in [3.8, 4) is 0 Å². The van der Waals surface area contributed by atoms with E-state index in [9.17, 15) is 4.79 Å². The van der Waals surface area contributed by atoms with Crippen molar-refractivity contribution in [3.05, 3.63) is 56.7 Å². The van der Waals surface area contributed by atoms with Crippen molar-refractivity contribution in [1.29, 1.82) is 0 Å². The van der Waals surface area contributed by atoms with E-state index in [4.69, 9.17) is 23.2 Å². The van der Waals surface area contributed by atoms with Gasteiger partial charge in [0.25, 0.3) is 5.91 Å². The SMILES string of the molecule is Cn1cc(CN2CCN(C3=NC(=O)/C(=C/c4ccc(Cl)cc4Cl)S3)CC2)cn1. The Morgan fingerprint density at radius 2 is 2.00 bits per heavy atom. The number of carbonyl (C=O) groups is 1. The van der Waals surface area contributed by atoms with Gasteiger partial charge < -0.3 is 4.90 Å². The third kappa shape index (κ3) is 4.43. The van der Waals surface area contributed by atoms with Gasteiger partial charge >= 0.3 is 0 Å². The fraction of sp³-hybridized carbons (Fsp3) is 0.316. The van der Waals surface area contributed by atoms with Crippen molar-refractivity contribution in [1.82, 2.24) is 19.6 Å². The Hall–Kier alpha value is -1.80. The molecule has 0 aliphatic carbocycles. The lowest BCUT2D eigenvalue weighted by Crippen LogP contribution is -2.47. The van der Waals surface area contributed by atoms with Crippen molar-refractivity contribution in [3.63, 3.8) is 0 Å². The number of thioether (sulfide) groups is 1. The second-order valence-corrected chi connectivity index (χ2v) is 8.61. The number of hydrogen-bond donors (Lipinski definition) is 0. The Morgan fingerprint density at radius 3 is 2.68 bits per heavy atom. The molecule has 0 spiro atoms. The van der Waals surface area contributed by atoms with Crippen LogP contribution in [0, 0.1) is 0 Å². The fourth-order valence-corrected chi connectivity index (χ4v) is 4.62. The van der Waals surface area contributed by atoms with E-state index < -0.39 is 0 Å². The molecule has 1 saturated heterocycles. The first-order valence-corrected chi connectivity index (χ1v) is 10.5. The highest BCUT2D eigenvalue weighted by molar-refractivity contribution is 8.18. The van der Waals surface area contributed by atoms with E-state index in [-0.39, 0.29) is 5.91 Å². The molecule has 1 fully saturated rings. The zero-order valence-corrected chi connectivity index (χ0v) is 17.6. The Balaban J connectivity index is 1.36. The molecule has 1 aromatic carbocycles. The van der Waals surface area contributed by atoms with Crippen LogP contribution in [0.15, 0.2) is 40.5 Å². The number of piperazine rings is 1. The zero-order chi connectivity index (χ0) is 19.7. The van der Waals surface area contributed by atoms with Gasteiger partial charge in [-0.3, -0.25) is 14.4 Å². The number of rotatable bonds is 3. The highest BCUT2D eigenvalue weighted by Crippen LogP contribution is 2.32. The number of benzene rings is 1. The van der Waals surface area contributed by atoms with E-state index in [0.29, 0.717) is 15.0 Å². The quantitative estimate of drug-likeness (QED) is 0.690. The van der Waals surface area contributed by atoms with Crippen LogP contribution in [0.1, 0.15) is 11.1 Å². The molecule has 0 N–H and O–H groups in total. The van der Waals surface area contributed by atoms with Crippen LogP contribution in [-0.2, 0) is 18.4 Å². The molecule has 3 heterocycles. The second kappa shape index (κ2) is 8.29. The summed E-state index contributed by atoms with van der Waals surface area (Å²) in [5.41, 5.74) is 1.98. The minimum Gasteiger partial charge on any atom is -0.348 e. The predicted octanol–water partition coefficient (Wildman–Crippen LogP) is 3.52. The number of halogens is 2. The van der Waals surface area contributed by atoms with Crippen molar-refractivity contribution in [2.45, 2.75) is 6.54 Å². The normalized spacial score (nSPS) is 19.5. The van der Waals surface area contributed by atoms with E-state index in [0.717, 1.165) is 43.5 Å². The molecule has 0 bridgehead atoms. The highest BCUT2D eigenvalue weighted by atomic mass is 35.5. The van der Waals surface area contributed by atoms with Gasteiger partial charge in [0.2, 0.25) is 0 Å². The first-order valence-electron chi connectivity index (χ1n) is 8.90. The average Bonchev–Trinajstić information content (AvgIpc) is 3.24. The molecule has 2 aliphatic heterocycles. The number of nitrogens with zero attached hydrogens (tertiary/aromatic N) is 5. The molecular formula is C19H19Cl2N5OS. The number of aromatic nitrogens is 2. The summed E-state index contributed by atoms with van der Waals surface area (Å²) in [5.74, 6) is -0.219. The third-order valence-electron chi connectivity index (χ3n) is 4.67. The molecule has 6 nitrogen and oxygen atoms in total. The topological polar surface area (TPSA) is 53.7 Å². The molecule has 0 radical (unpaired) electrons. The minimum atomic E-state index is -0.219. The van der Waals surface area contributed by atoms with E-state index in [1.54, 1.807) is 24.3 Å². The molecule has 1 aromatic heterocycles. The maximum Gasteiger partial charge on any atom is 0.286 e. The predicted molar refractivity (Wildman–Crippen MR) is 115 cm³/mol. The molecule has 28 heavy (non-hydrogen) atoms. The van der Waals surface area contributed by atoms with E-state index in [2.05, 4.69) is 19.9 Å². The van der Waals surface area contributed by atoms with Gasteiger partial charge in [0.15, 0.2) is 5.17 Å². The highest BCUT2D eigenvalue weighted by Gasteiger charge is 2.28. The monoisotopic (exact) mass is 435 g/mol. The molecule has 0 unspecified atom stereocenters. The molecule has 9 heteroatoms. The maximum absolute atomic E-state index is 12.3. The summed E-state index contributed by atoms with van der Waals surface area (Å²) in [6.07, 6.45) is 5.72.